The van der Waals surface area contributed by atoms with Gasteiger partial charge in [-0.15, -0.1) is 0 Å². The molecule has 10 heteroatoms. The molecule has 0 spiro atoms. The van der Waals surface area contributed by atoms with Crippen LogP contribution in [0.1, 0.15) is 36.0 Å². The van der Waals surface area contributed by atoms with Crippen molar-refractivity contribution in [1.82, 2.24) is 29.5 Å². The van der Waals surface area contributed by atoms with Crippen LogP contribution in [0.4, 0.5) is 5.69 Å². The van der Waals surface area contributed by atoms with E-state index in [0.29, 0.717) is 12.1 Å². The molecule has 2 aliphatic rings. The van der Waals surface area contributed by atoms with E-state index in [1.807, 2.05) is 43.5 Å². The number of H-pyrrole nitrogens is 1. The minimum absolute atomic E-state index is 0.457. The normalized spacial score (nSPS) is 16.0. The van der Waals surface area contributed by atoms with Gasteiger partial charge in [-0.1, -0.05) is 12.2 Å². The van der Waals surface area contributed by atoms with Gasteiger partial charge < -0.3 is 15.0 Å². The highest BCUT2D eigenvalue weighted by molar-refractivity contribution is 5.97. The maximum atomic E-state index is 9.63. The van der Waals surface area contributed by atoms with E-state index < -0.39 is 0 Å². The van der Waals surface area contributed by atoms with Gasteiger partial charge in [0.1, 0.15) is 12.2 Å². The van der Waals surface area contributed by atoms with Crippen LogP contribution >= 0.6 is 0 Å². The van der Waals surface area contributed by atoms with E-state index in [4.69, 9.17) is 14.7 Å². The van der Waals surface area contributed by atoms with Crippen molar-refractivity contribution in [2.75, 3.05) is 31.6 Å². The third-order valence-corrected chi connectivity index (χ3v) is 6.75. The molecule has 0 aliphatic carbocycles. The first-order chi connectivity index (χ1) is 19.1. The average Bonchev–Trinajstić information content (AvgIpc) is 3.55. The zero-order valence-corrected chi connectivity index (χ0v) is 21.8. The number of rotatable bonds is 7. The largest absolute Gasteiger partial charge is 0.379 e. The summed E-state index contributed by atoms with van der Waals surface area (Å²) in [5.41, 5.74) is 7.74. The minimum Gasteiger partial charge on any atom is -0.379 e. The van der Waals surface area contributed by atoms with E-state index in [0.717, 1.165) is 90.4 Å². The molecule has 2 N–H and O–H groups in total. The van der Waals surface area contributed by atoms with Crippen LogP contribution in [-0.2, 0) is 17.8 Å². The maximum absolute atomic E-state index is 9.63. The SMILES string of the molecule is CC1=NC(c2[nH]c(CNc3cc(C#N)cc(CN4CCOCC4)c3)nc2-c2ccc3ncnn3c2)=CCC=C1. The zero-order valence-electron chi connectivity index (χ0n) is 21.8. The third kappa shape index (κ3) is 5.65. The van der Waals surface area contributed by atoms with E-state index in [1.54, 1.807) is 4.52 Å². The van der Waals surface area contributed by atoms with Gasteiger partial charge in [-0.05, 0) is 55.3 Å². The Bertz CT molecular complexity index is 1630. The molecule has 1 fully saturated rings. The van der Waals surface area contributed by atoms with Crippen LogP contribution in [0.25, 0.3) is 22.6 Å². The van der Waals surface area contributed by atoms with Gasteiger partial charge in [0.15, 0.2) is 5.65 Å². The first-order valence-corrected chi connectivity index (χ1v) is 13.0. The van der Waals surface area contributed by atoms with Gasteiger partial charge >= 0.3 is 0 Å². The molecule has 1 saturated heterocycles. The molecule has 3 aromatic heterocycles. The van der Waals surface area contributed by atoms with Gasteiger partial charge in [0, 0.05) is 42.8 Å². The highest BCUT2D eigenvalue weighted by atomic mass is 16.5. The van der Waals surface area contributed by atoms with E-state index >= 15 is 0 Å². The van der Waals surface area contributed by atoms with Crippen molar-refractivity contribution in [2.24, 2.45) is 4.99 Å². The van der Waals surface area contributed by atoms with E-state index in [2.05, 4.69) is 49.6 Å². The number of ether oxygens (including phenoxy) is 1. The first-order valence-electron chi connectivity index (χ1n) is 13.0. The van der Waals surface area contributed by atoms with Crippen LogP contribution in [0.15, 0.2) is 66.1 Å². The predicted molar refractivity (Wildman–Crippen MR) is 150 cm³/mol. The van der Waals surface area contributed by atoms with Crippen molar-refractivity contribution >= 4 is 22.7 Å². The Hall–Kier alpha value is -4.59. The number of anilines is 1. The summed E-state index contributed by atoms with van der Waals surface area (Å²) in [4.78, 5) is 19.9. The standard InChI is InChI=1S/C29H29N9O/c1-20-4-2-3-5-25(34-20)29-28(23-6-7-27-32-19-33-38(27)18-23)35-26(36-29)16-31-24-13-21(15-30)12-22(14-24)17-37-8-10-39-11-9-37/h2,4-7,12-14,18-19,31H,3,8-11,16-17H2,1H3,(H,35,36). The van der Waals surface area contributed by atoms with Crippen LogP contribution in [0, 0.1) is 11.3 Å². The van der Waals surface area contributed by atoms with Crippen molar-refractivity contribution in [2.45, 2.75) is 26.4 Å². The molecule has 0 bridgehead atoms. The van der Waals surface area contributed by atoms with Crippen molar-refractivity contribution in [3.05, 3.63) is 83.7 Å². The molecule has 196 valence electrons. The summed E-state index contributed by atoms with van der Waals surface area (Å²) in [7, 11) is 0. The molecule has 0 atom stereocenters. The summed E-state index contributed by atoms with van der Waals surface area (Å²) >= 11 is 0. The Morgan fingerprint density at radius 2 is 2.08 bits per heavy atom. The Morgan fingerprint density at radius 1 is 1.18 bits per heavy atom. The van der Waals surface area contributed by atoms with E-state index in [9.17, 15) is 5.26 Å². The number of nitriles is 1. The Morgan fingerprint density at radius 3 is 2.95 bits per heavy atom. The molecule has 5 heterocycles. The number of aromatic amines is 1. The van der Waals surface area contributed by atoms with E-state index in [1.165, 1.54) is 6.33 Å². The van der Waals surface area contributed by atoms with Gasteiger partial charge in [-0.2, -0.15) is 10.4 Å². The molecule has 0 unspecified atom stereocenters. The highest BCUT2D eigenvalue weighted by Crippen LogP contribution is 2.30. The molecule has 0 saturated carbocycles. The molecule has 4 aromatic rings. The highest BCUT2D eigenvalue weighted by Gasteiger charge is 2.18. The number of benzene rings is 1. The van der Waals surface area contributed by atoms with Crippen LogP contribution in [0.5, 0.6) is 0 Å². The molecule has 10 nitrogen and oxygen atoms in total. The summed E-state index contributed by atoms with van der Waals surface area (Å²) in [6.45, 7) is 6.51. The lowest BCUT2D eigenvalue weighted by atomic mass is 10.1. The van der Waals surface area contributed by atoms with Gasteiger partial charge in [0.25, 0.3) is 0 Å². The molecule has 1 aromatic carbocycles. The second-order valence-electron chi connectivity index (χ2n) is 9.64. The fourth-order valence-electron chi connectivity index (χ4n) is 4.86. The molecule has 0 radical (unpaired) electrons. The van der Waals surface area contributed by atoms with Crippen molar-refractivity contribution < 1.29 is 4.74 Å². The number of allylic oxidation sites excluding steroid dienone is 3. The number of fused-ring (bicyclic) bond motifs is 1. The van der Waals surface area contributed by atoms with Gasteiger partial charge in [0.2, 0.25) is 0 Å². The van der Waals surface area contributed by atoms with Gasteiger partial charge in [-0.25, -0.2) is 14.5 Å². The molecular formula is C29H29N9O. The number of morpholine rings is 1. The fourth-order valence-corrected chi connectivity index (χ4v) is 4.86. The lowest BCUT2D eigenvalue weighted by molar-refractivity contribution is 0.0342. The molecule has 2 aliphatic heterocycles. The Balaban J connectivity index is 1.29. The van der Waals surface area contributed by atoms with E-state index in [-0.39, 0.29) is 0 Å². The summed E-state index contributed by atoms with van der Waals surface area (Å²) in [6.07, 6.45) is 10.5. The second-order valence-corrected chi connectivity index (χ2v) is 9.64. The number of nitrogens with zero attached hydrogens (tertiary/aromatic N) is 7. The number of aromatic nitrogens is 5. The van der Waals surface area contributed by atoms with Crippen LogP contribution in [0.2, 0.25) is 0 Å². The van der Waals surface area contributed by atoms with Crippen LogP contribution in [-0.4, -0.2) is 61.5 Å². The average molecular weight is 520 g/mol. The molecule has 39 heavy (non-hydrogen) atoms. The number of nitrogens with one attached hydrogen (secondary N) is 2. The molecule has 6 rings (SSSR count). The summed E-state index contributed by atoms with van der Waals surface area (Å²) in [5, 5.41) is 17.4. The number of pyridine rings is 1. The Labute approximate surface area is 226 Å². The first kappa shape index (κ1) is 24.7. The Kier molecular flexibility index (Phi) is 6.99. The lowest BCUT2D eigenvalue weighted by Crippen LogP contribution is -2.35. The van der Waals surface area contributed by atoms with Crippen molar-refractivity contribution in [3.63, 3.8) is 0 Å². The molecular weight excluding hydrogens is 490 g/mol. The summed E-state index contributed by atoms with van der Waals surface area (Å²) < 4.78 is 7.21. The van der Waals surface area contributed by atoms with Crippen molar-refractivity contribution in [1.29, 1.82) is 5.26 Å². The summed E-state index contributed by atoms with van der Waals surface area (Å²) in [6, 6.07) is 12.2. The van der Waals surface area contributed by atoms with Gasteiger partial charge in [-0.3, -0.25) is 9.89 Å². The minimum atomic E-state index is 0.457. The monoisotopic (exact) mass is 519 g/mol. The number of hydrogen-bond acceptors (Lipinski definition) is 8. The second kappa shape index (κ2) is 11.0. The van der Waals surface area contributed by atoms with Crippen molar-refractivity contribution in [3.8, 4) is 17.3 Å². The third-order valence-electron chi connectivity index (χ3n) is 6.75. The topological polar surface area (TPSA) is 120 Å². The fraction of sp³-hybridized carbons (Fsp3) is 0.276. The quantitative estimate of drug-likeness (QED) is 0.376. The zero-order chi connectivity index (χ0) is 26.6. The number of hydrogen-bond donors (Lipinski definition) is 2. The predicted octanol–water partition coefficient (Wildman–Crippen LogP) is 4.20. The number of aliphatic imine (C=N–C) groups is 1. The maximum Gasteiger partial charge on any atom is 0.155 e. The molecule has 0 amide bonds. The smallest absolute Gasteiger partial charge is 0.155 e. The summed E-state index contributed by atoms with van der Waals surface area (Å²) in [5.74, 6) is 0.765. The van der Waals surface area contributed by atoms with Crippen LogP contribution in [0.3, 0.4) is 0 Å². The lowest BCUT2D eigenvalue weighted by Gasteiger charge is -2.26. The van der Waals surface area contributed by atoms with Crippen LogP contribution < -0.4 is 5.32 Å². The number of imidazole rings is 1. The van der Waals surface area contributed by atoms with Gasteiger partial charge in [0.05, 0.1) is 48.5 Å².